The summed E-state index contributed by atoms with van der Waals surface area (Å²) in [5.74, 6) is -0.312. The van der Waals surface area contributed by atoms with E-state index in [2.05, 4.69) is 15.4 Å². The molecule has 39 heavy (non-hydrogen) atoms. The summed E-state index contributed by atoms with van der Waals surface area (Å²) in [7, 11) is -8.85. The van der Waals surface area contributed by atoms with E-state index in [-0.39, 0.29) is 23.1 Å². The molecule has 0 bridgehead atoms. The maximum absolute atomic E-state index is 13.4. The Kier molecular flexibility index (Phi) is 6.80. The minimum absolute atomic E-state index is 0.224. The molecule has 1 unspecified atom stereocenters. The molecule has 0 saturated carbocycles. The summed E-state index contributed by atoms with van der Waals surface area (Å²) in [6.07, 6.45) is 1.20. The molecule has 1 atom stereocenters. The highest BCUT2D eigenvalue weighted by Gasteiger charge is 2.30. The fraction of sp³-hybridized carbons (Fsp3) is 0.182. The van der Waals surface area contributed by atoms with Crippen molar-refractivity contribution in [1.82, 2.24) is 19.3 Å². The van der Waals surface area contributed by atoms with Crippen LogP contribution in [0.4, 0.5) is 5.69 Å². The van der Waals surface area contributed by atoms with E-state index in [1.165, 1.54) is 22.5 Å². The number of halogens is 1. The maximum atomic E-state index is 13.4. The van der Waals surface area contributed by atoms with Gasteiger partial charge in [-0.05, 0) is 36.8 Å². The van der Waals surface area contributed by atoms with Crippen molar-refractivity contribution < 1.29 is 21.6 Å². The Morgan fingerprint density at radius 2 is 1.87 bits per heavy atom. The molecule has 0 fully saturated rings. The number of benzene rings is 2. The van der Waals surface area contributed by atoms with Gasteiger partial charge in [-0.25, -0.2) is 36.8 Å². The number of nitrogens with two attached hydrogens (primary N) is 2. The summed E-state index contributed by atoms with van der Waals surface area (Å²) < 4.78 is 50.7. The molecule has 5 N–H and O–H groups in total. The highest BCUT2D eigenvalue weighted by Crippen LogP contribution is 2.35. The summed E-state index contributed by atoms with van der Waals surface area (Å²) in [5, 5.41) is 17.3. The normalized spacial score (nSPS) is 15.4. The second-order valence-corrected chi connectivity index (χ2v) is 13.2. The molecule has 13 nitrogen and oxygen atoms in total. The minimum atomic E-state index is -4.48. The van der Waals surface area contributed by atoms with Gasteiger partial charge in [0.15, 0.2) is 10.8 Å². The number of anilines is 1. The molecule has 0 saturated heterocycles. The third kappa shape index (κ3) is 5.18. The van der Waals surface area contributed by atoms with Crippen molar-refractivity contribution in [3.8, 4) is 5.69 Å². The molecular weight excluding hydrogens is 590 g/mol. The van der Waals surface area contributed by atoms with Gasteiger partial charge in [-0.2, -0.15) is 5.10 Å². The monoisotopic (exact) mass is 609 g/mol. The first-order chi connectivity index (χ1) is 18.2. The number of carbonyl (C=O) groups excluding carboxylic acids is 1. The number of hydrogen-bond acceptors (Lipinski definition) is 9. The molecule has 0 spiro atoms. The van der Waals surface area contributed by atoms with Crippen molar-refractivity contribution in [1.29, 1.82) is 0 Å². The predicted molar refractivity (Wildman–Crippen MR) is 145 cm³/mol. The number of rotatable bonds is 6. The lowest BCUT2D eigenvalue weighted by molar-refractivity contribution is -0.116. The predicted octanol–water partition coefficient (Wildman–Crippen LogP) is 1.51. The molecule has 5 rings (SSSR count). The zero-order valence-electron chi connectivity index (χ0n) is 20.0. The highest BCUT2D eigenvalue weighted by molar-refractivity contribution is 7.99. The van der Waals surface area contributed by atoms with E-state index in [0.717, 1.165) is 17.3 Å². The molecule has 1 amide bonds. The second kappa shape index (κ2) is 9.72. The van der Waals surface area contributed by atoms with Crippen LogP contribution in [0.15, 0.2) is 62.3 Å². The van der Waals surface area contributed by atoms with Crippen LogP contribution in [0.25, 0.3) is 16.7 Å². The van der Waals surface area contributed by atoms with Crippen LogP contribution in [-0.2, 0) is 24.8 Å². The molecule has 4 aromatic rings. The van der Waals surface area contributed by atoms with Gasteiger partial charge in [0, 0.05) is 12.2 Å². The SMILES string of the molecule is Cc1cccc(-n2ncc3c(=O)n4c(nc32)SCC4CC(=O)Nc2cc(Cl)c(S(N)(=O)=O)cc2S(N)(=O)=O)c1. The molecule has 204 valence electrons. The van der Waals surface area contributed by atoms with Crippen LogP contribution in [0.3, 0.4) is 0 Å². The van der Waals surface area contributed by atoms with Crippen LogP contribution >= 0.6 is 23.4 Å². The minimum Gasteiger partial charge on any atom is -0.325 e. The second-order valence-electron chi connectivity index (χ2n) is 8.79. The number of hydrogen-bond donors (Lipinski definition) is 3. The topological polar surface area (TPSA) is 202 Å². The lowest BCUT2D eigenvalue weighted by atomic mass is 10.2. The van der Waals surface area contributed by atoms with Gasteiger partial charge in [-0.1, -0.05) is 35.5 Å². The van der Waals surface area contributed by atoms with Gasteiger partial charge < -0.3 is 5.32 Å². The first-order valence-electron chi connectivity index (χ1n) is 11.1. The van der Waals surface area contributed by atoms with Gasteiger partial charge in [0.2, 0.25) is 26.0 Å². The van der Waals surface area contributed by atoms with Crippen LogP contribution in [0.2, 0.25) is 5.02 Å². The van der Waals surface area contributed by atoms with Crippen molar-refractivity contribution in [2.75, 3.05) is 11.1 Å². The van der Waals surface area contributed by atoms with Crippen molar-refractivity contribution >= 4 is 66.0 Å². The quantitative estimate of drug-likeness (QED) is 0.271. The number of fused-ring (bicyclic) bond motifs is 2. The van der Waals surface area contributed by atoms with Gasteiger partial charge in [0.05, 0.1) is 28.6 Å². The molecule has 1 aliphatic rings. The van der Waals surface area contributed by atoms with E-state index in [4.69, 9.17) is 21.9 Å². The van der Waals surface area contributed by atoms with Gasteiger partial charge in [-0.15, -0.1) is 0 Å². The van der Waals surface area contributed by atoms with Gasteiger partial charge >= 0.3 is 0 Å². The van der Waals surface area contributed by atoms with Crippen LogP contribution < -0.4 is 21.2 Å². The van der Waals surface area contributed by atoms with E-state index >= 15 is 0 Å². The smallest absolute Gasteiger partial charge is 0.265 e. The number of amides is 1. The summed E-state index contributed by atoms with van der Waals surface area (Å²) in [5.41, 5.74) is 1.45. The molecular formula is C22H20ClN7O6S3. The van der Waals surface area contributed by atoms with Crippen LogP contribution in [0, 0.1) is 6.92 Å². The molecule has 0 aliphatic carbocycles. The van der Waals surface area contributed by atoms with Gasteiger partial charge in [0.25, 0.3) is 5.56 Å². The number of nitrogens with zero attached hydrogens (tertiary/aromatic N) is 4. The summed E-state index contributed by atoms with van der Waals surface area (Å²) >= 11 is 7.27. The average Bonchev–Trinajstić information content (AvgIpc) is 3.42. The lowest BCUT2D eigenvalue weighted by Gasteiger charge is -2.16. The average molecular weight is 610 g/mol. The summed E-state index contributed by atoms with van der Waals surface area (Å²) in [4.78, 5) is 29.6. The zero-order chi connectivity index (χ0) is 28.3. The Morgan fingerprint density at radius 1 is 1.15 bits per heavy atom. The van der Waals surface area contributed by atoms with Crippen LogP contribution in [0.5, 0.6) is 0 Å². The molecule has 0 radical (unpaired) electrons. The highest BCUT2D eigenvalue weighted by atomic mass is 35.5. The van der Waals surface area contributed by atoms with E-state index < -0.39 is 46.8 Å². The number of thioether (sulfide) groups is 1. The van der Waals surface area contributed by atoms with E-state index in [1.54, 1.807) is 4.68 Å². The molecule has 17 heteroatoms. The first-order valence-corrected chi connectivity index (χ1v) is 15.6. The number of carbonyl (C=O) groups is 1. The van der Waals surface area contributed by atoms with E-state index in [1.807, 2.05) is 31.2 Å². The Bertz CT molecular complexity index is 1950. The standard InChI is InChI=1S/C22H20ClN7O6S3/c1-11-3-2-4-12(5-11)30-20-14(9-26-30)21(32)29-13(10-37-22(29)28-20)6-19(31)27-16-7-15(23)17(38(24,33)34)8-18(16)39(25,35)36/h2-5,7-9,13H,6,10H2,1H3,(H,27,31)(H2,24,33,34)(H2,25,35,36). The molecule has 3 heterocycles. The van der Waals surface area contributed by atoms with Crippen molar-refractivity contribution in [2.24, 2.45) is 10.3 Å². The lowest BCUT2D eigenvalue weighted by Crippen LogP contribution is -2.28. The Hall–Kier alpha value is -3.28. The largest absolute Gasteiger partial charge is 0.325 e. The van der Waals surface area contributed by atoms with Crippen molar-refractivity contribution in [2.45, 2.75) is 34.3 Å². The van der Waals surface area contributed by atoms with Crippen molar-refractivity contribution in [3.63, 3.8) is 0 Å². The van der Waals surface area contributed by atoms with Crippen LogP contribution in [0.1, 0.15) is 18.0 Å². The fourth-order valence-corrected chi connectivity index (χ4v) is 7.23. The third-order valence-corrected chi connectivity index (χ3v) is 9.38. The Morgan fingerprint density at radius 3 is 2.54 bits per heavy atom. The number of aromatic nitrogens is 4. The zero-order valence-corrected chi connectivity index (χ0v) is 23.2. The molecule has 2 aromatic carbocycles. The first kappa shape index (κ1) is 27.3. The number of sulfonamides is 2. The molecule has 1 aliphatic heterocycles. The Labute approximate surface area is 231 Å². The van der Waals surface area contributed by atoms with Gasteiger partial charge in [0.1, 0.15) is 15.2 Å². The number of nitrogens with one attached hydrogen (secondary N) is 1. The van der Waals surface area contributed by atoms with E-state index in [9.17, 15) is 26.4 Å². The maximum Gasteiger partial charge on any atom is 0.265 e. The summed E-state index contributed by atoms with van der Waals surface area (Å²) in [6.45, 7) is 1.94. The number of primary sulfonamides is 2. The fourth-order valence-electron chi connectivity index (χ4n) is 4.23. The summed E-state index contributed by atoms with van der Waals surface area (Å²) in [6, 6.07) is 8.59. The van der Waals surface area contributed by atoms with Gasteiger partial charge in [-0.3, -0.25) is 14.2 Å². The van der Waals surface area contributed by atoms with Crippen molar-refractivity contribution in [3.05, 3.63) is 63.5 Å². The van der Waals surface area contributed by atoms with E-state index in [0.29, 0.717) is 22.6 Å². The Balaban J connectivity index is 1.46. The number of aryl methyl sites for hydroxylation is 1. The third-order valence-electron chi connectivity index (χ3n) is 5.96. The molecule has 2 aromatic heterocycles. The van der Waals surface area contributed by atoms with Crippen LogP contribution in [-0.4, -0.2) is 47.8 Å².